The van der Waals surface area contributed by atoms with Gasteiger partial charge in [0.2, 0.25) is 10.0 Å². The first-order valence-electron chi connectivity index (χ1n) is 6.24. The van der Waals surface area contributed by atoms with Gasteiger partial charge in [0.25, 0.3) is 0 Å². The van der Waals surface area contributed by atoms with E-state index in [1.165, 1.54) is 0 Å². The zero-order valence-corrected chi connectivity index (χ0v) is 13.3. The van der Waals surface area contributed by atoms with E-state index < -0.39 is 10.0 Å². The summed E-state index contributed by atoms with van der Waals surface area (Å²) in [6, 6.07) is 3.48. The lowest BCUT2D eigenvalue weighted by Gasteiger charge is -2.13. The van der Waals surface area contributed by atoms with Crippen LogP contribution in [0.3, 0.4) is 0 Å². The van der Waals surface area contributed by atoms with Gasteiger partial charge >= 0.3 is 0 Å². The largest absolute Gasteiger partial charge is 0.398 e. The summed E-state index contributed by atoms with van der Waals surface area (Å²) in [5.41, 5.74) is 7.64. The minimum Gasteiger partial charge on any atom is -0.398 e. The first-order valence-corrected chi connectivity index (χ1v) is 9.12. The standard InChI is InChI=1S/C13H22N2O2S2/c1-10-6-7-12(14)11(2)13(10)19(16,17)15-8-4-5-9-18-3/h6-7,15H,4-5,8-9,14H2,1-3H3. The SMILES string of the molecule is CSCCCCNS(=O)(=O)c1c(C)ccc(N)c1C. The zero-order valence-electron chi connectivity index (χ0n) is 11.7. The topological polar surface area (TPSA) is 72.2 Å². The lowest BCUT2D eigenvalue weighted by atomic mass is 10.1. The highest BCUT2D eigenvalue weighted by atomic mass is 32.2. The van der Waals surface area contributed by atoms with Gasteiger partial charge in [-0.3, -0.25) is 0 Å². The minimum absolute atomic E-state index is 0.317. The molecule has 0 fully saturated rings. The molecule has 0 atom stereocenters. The summed E-state index contributed by atoms with van der Waals surface area (Å²) in [6.07, 6.45) is 3.91. The molecule has 0 saturated heterocycles. The van der Waals surface area contributed by atoms with E-state index in [4.69, 9.17) is 5.73 Å². The highest BCUT2D eigenvalue weighted by Gasteiger charge is 2.20. The molecule has 108 valence electrons. The number of nitrogens with two attached hydrogens (primary N) is 1. The molecule has 0 amide bonds. The number of nitrogens with one attached hydrogen (secondary N) is 1. The predicted molar refractivity (Wildman–Crippen MR) is 83.1 cm³/mol. The summed E-state index contributed by atoms with van der Waals surface area (Å²) in [6.45, 7) is 4.00. The Morgan fingerprint density at radius 2 is 1.95 bits per heavy atom. The summed E-state index contributed by atoms with van der Waals surface area (Å²) >= 11 is 1.77. The molecule has 3 N–H and O–H groups in total. The number of anilines is 1. The molecular weight excluding hydrogens is 280 g/mol. The Hall–Kier alpha value is -0.720. The highest BCUT2D eigenvalue weighted by Crippen LogP contribution is 2.24. The molecule has 1 rings (SSSR count). The van der Waals surface area contributed by atoms with Crippen LogP contribution < -0.4 is 10.5 Å². The zero-order chi connectivity index (χ0) is 14.5. The van der Waals surface area contributed by atoms with Gasteiger partial charge in [-0.2, -0.15) is 11.8 Å². The van der Waals surface area contributed by atoms with Crippen LogP contribution in [0.2, 0.25) is 0 Å². The average Bonchev–Trinajstić information content (AvgIpc) is 2.34. The molecule has 0 unspecified atom stereocenters. The van der Waals surface area contributed by atoms with Gasteiger partial charge in [0, 0.05) is 12.2 Å². The molecule has 6 heteroatoms. The number of unbranched alkanes of at least 4 members (excludes halogenated alkanes) is 1. The molecule has 0 bridgehead atoms. The van der Waals surface area contributed by atoms with Crippen LogP contribution in [0, 0.1) is 13.8 Å². The summed E-state index contributed by atoms with van der Waals surface area (Å²) in [7, 11) is -3.47. The highest BCUT2D eigenvalue weighted by molar-refractivity contribution is 7.98. The maximum atomic E-state index is 12.3. The first kappa shape index (κ1) is 16.3. The quantitative estimate of drug-likeness (QED) is 0.599. The molecule has 4 nitrogen and oxygen atoms in total. The normalized spacial score (nSPS) is 11.7. The lowest BCUT2D eigenvalue weighted by Crippen LogP contribution is -2.26. The Balaban J connectivity index is 2.81. The van der Waals surface area contributed by atoms with Crippen molar-refractivity contribution in [1.82, 2.24) is 4.72 Å². The number of benzene rings is 1. The van der Waals surface area contributed by atoms with E-state index in [1.807, 2.05) is 6.26 Å². The summed E-state index contributed by atoms with van der Waals surface area (Å²) in [5, 5.41) is 0. The Morgan fingerprint density at radius 3 is 2.58 bits per heavy atom. The van der Waals surface area contributed by atoms with Crippen LogP contribution in [-0.2, 0) is 10.0 Å². The molecule has 0 aliphatic carbocycles. The van der Waals surface area contributed by atoms with Gasteiger partial charge in [0.1, 0.15) is 0 Å². The van der Waals surface area contributed by atoms with Crippen LogP contribution in [0.5, 0.6) is 0 Å². The molecule has 0 heterocycles. The number of hydrogen-bond donors (Lipinski definition) is 2. The molecule has 0 saturated carbocycles. The third-order valence-corrected chi connectivity index (χ3v) is 5.43. The van der Waals surface area contributed by atoms with Crippen LogP contribution in [0.25, 0.3) is 0 Å². The van der Waals surface area contributed by atoms with Crippen LogP contribution >= 0.6 is 11.8 Å². The second kappa shape index (κ2) is 7.17. The average molecular weight is 302 g/mol. The maximum Gasteiger partial charge on any atom is 0.241 e. The number of nitrogen functional groups attached to an aromatic ring is 1. The van der Waals surface area contributed by atoms with Crippen LogP contribution in [0.1, 0.15) is 24.0 Å². The summed E-state index contributed by atoms with van der Waals surface area (Å²) in [4.78, 5) is 0.317. The fraction of sp³-hybridized carbons (Fsp3) is 0.538. The van der Waals surface area contributed by atoms with Gasteiger partial charge in [-0.1, -0.05) is 6.07 Å². The predicted octanol–water partition coefficient (Wildman–Crippen LogP) is 2.31. The monoisotopic (exact) mass is 302 g/mol. The Bertz CT molecular complexity index is 528. The second-order valence-electron chi connectivity index (χ2n) is 4.52. The molecule has 0 spiro atoms. The lowest BCUT2D eigenvalue weighted by molar-refractivity contribution is 0.577. The fourth-order valence-electron chi connectivity index (χ4n) is 1.91. The molecular formula is C13H22N2O2S2. The van der Waals surface area contributed by atoms with Gasteiger partial charge in [0.05, 0.1) is 4.90 Å². The van der Waals surface area contributed by atoms with Crippen molar-refractivity contribution in [3.8, 4) is 0 Å². The fourth-order valence-corrected chi connectivity index (χ4v) is 3.97. The molecule has 0 aromatic heterocycles. The van der Waals surface area contributed by atoms with Crippen molar-refractivity contribution in [2.45, 2.75) is 31.6 Å². The Kier molecular flexibility index (Phi) is 6.16. The van der Waals surface area contributed by atoms with E-state index in [0.717, 1.165) is 24.2 Å². The number of hydrogen-bond acceptors (Lipinski definition) is 4. The van der Waals surface area contributed by atoms with E-state index in [0.29, 0.717) is 22.7 Å². The molecule has 0 radical (unpaired) electrons. The van der Waals surface area contributed by atoms with Crippen molar-refractivity contribution < 1.29 is 8.42 Å². The van der Waals surface area contributed by atoms with Crippen molar-refractivity contribution in [2.24, 2.45) is 0 Å². The number of thioether (sulfide) groups is 1. The van der Waals surface area contributed by atoms with Gasteiger partial charge in [-0.25, -0.2) is 13.1 Å². The van der Waals surface area contributed by atoms with E-state index in [-0.39, 0.29) is 0 Å². The molecule has 0 aliphatic rings. The smallest absolute Gasteiger partial charge is 0.241 e. The Labute approximate surface area is 120 Å². The molecule has 1 aromatic carbocycles. The van der Waals surface area contributed by atoms with E-state index in [9.17, 15) is 8.42 Å². The van der Waals surface area contributed by atoms with Gasteiger partial charge in [-0.15, -0.1) is 0 Å². The second-order valence-corrected chi connectivity index (χ2v) is 7.21. The third kappa shape index (κ3) is 4.40. The maximum absolute atomic E-state index is 12.3. The van der Waals surface area contributed by atoms with E-state index in [2.05, 4.69) is 4.72 Å². The molecule has 19 heavy (non-hydrogen) atoms. The van der Waals surface area contributed by atoms with Crippen molar-refractivity contribution in [2.75, 3.05) is 24.3 Å². The Morgan fingerprint density at radius 1 is 1.26 bits per heavy atom. The molecule has 1 aromatic rings. The first-order chi connectivity index (χ1) is 8.90. The minimum atomic E-state index is -3.47. The van der Waals surface area contributed by atoms with Gasteiger partial charge in [0.15, 0.2) is 0 Å². The van der Waals surface area contributed by atoms with Gasteiger partial charge in [-0.05, 0) is 55.9 Å². The van der Waals surface area contributed by atoms with Crippen LogP contribution in [0.4, 0.5) is 5.69 Å². The van der Waals surface area contributed by atoms with Crippen molar-refractivity contribution in [1.29, 1.82) is 0 Å². The van der Waals surface area contributed by atoms with Crippen molar-refractivity contribution >= 4 is 27.5 Å². The third-order valence-electron chi connectivity index (χ3n) is 2.98. The van der Waals surface area contributed by atoms with Crippen LogP contribution in [0.15, 0.2) is 17.0 Å². The molecule has 0 aliphatic heterocycles. The van der Waals surface area contributed by atoms with Crippen molar-refractivity contribution in [3.63, 3.8) is 0 Å². The number of sulfonamides is 1. The van der Waals surface area contributed by atoms with Gasteiger partial charge < -0.3 is 5.73 Å². The van der Waals surface area contributed by atoms with E-state index in [1.54, 1.807) is 37.7 Å². The van der Waals surface area contributed by atoms with Crippen molar-refractivity contribution in [3.05, 3.63) is 23.3 Å². The summed E-state index contributed by atoms with van der Waals surface area (Å²) < 4.78 is 27.2. The van der Waals surface area contributed by atoms with E-state index >= 15 is 0 Å². The number of aryl methyl sites for hydroxylation is 1. The van der Waals surface area contributed by atoms with Crippen LogP contribution in [-0.4, -0.2) is 27.0 Å². The number of rotatable bonds is 7. The summed E-state index contributed by atoms with van der Waals surface area (Å²) in [5.74, 6) is 1.05.